The summed E-state index contributed by atoms with van der Waals surface area (Å²) in [5.74, 6) is 1.55. The fraction of sp³-hybridized carbons (Fsp3) is 0.350. The third-order valence-electron chi connectivity index (χ3n) is 4.89. The Morgan fingerprint density at radius 1 is 1.08 bits per heavy atom. The normalized spacial score (nSPS) is 17.3. The molecule has 1 fully saturated rings. The van der Waals surface area contributed by atoms with Crippen LogP contribution in [-0.4, -0.2) is 50.7 Å². The number of hydrogen-bond donors (Lipinski definition) is 1. The zero-order valence-electron chi connectivity index (χ0n) is 14.9. The number of ether oxygens (including phenoxy) is 2. The number of hydrogen-bond acceptors (Lipinski definition) is 5. The maximum atomic E-state index is 11.4. The average molecular weight is 353 g/mol. The number of fused-ring (bicyclic) bond motifs is 1. The monoisotopic (exact) mass is 353 g/mol. The van der Waals surface area contributed by atoms with Crippen molar-refractivity contribution in [3.63, 3.8) is 0 Å². The van der Waals surface area contributed by atoms with Crippen LogP contribution in [0.25, 0.3) is 0 Å². The SMILES string of the molecule is COc1ccc(N2CCN(Cc3ccc4c(c3)OCC(=O)N4)CC2)cc1. The Hall–Kier alpha value is -2.73. The van der Waals surface area contributed by atoms with E-state index in [1.54, 1.807) is 7.11 Å². The first-order chi connectivity index (χ1) is 12.7. The fourth-order valence-corrected chi connectivity index (χ4v) is 3.43. The molecule has 1 N–H and O–H groups in total. The van der Waals surface area contributed by atoms with Gasteiger partial charge in [-0.2, -0.15) is 0 Å². The highest BCUT2D eigenvalue weighted by Crippen LogP contribution is 2.29. The second-order valence-corrected chi connectivity index (χ2v) is 6.63. The predicted octanol–water partition coefficient (Wildman–Crippen LogP) is 2.35. The number of amides is 1. The second kappa shape index (κ2) is 7.25. The molecule has 0 saturated carbocycles. The molecule has 1 amide bonds. The van der Waals surface area contributed by atoms with E-state index >= 15 is 0 Å². The summed E-state index contributed by atoms with van der Waals surface area (Å²) in [6, 6.07) is 14.3. The van der Waals surface area contributed by atoms with Crippen molar-refractivity contribution in [3.8, 4) is 11.5 Å². The summed E-state index contributed by atoms with van der Waals surface area (Å²) in [4.78, 5) is 16.2. The number of anilines is 2. The predicted molar refractivity (Wildman–Crippen MR) is 101 cm³/mol. The third kappa shape index (κ3) is 3.60. The van der Waals surface area contributed by atoms with Crippen LogP contribution in [0.3, 0.4) is 0 Å². The number of methoxy groups -OCH3 is 1. The third-order valence-corrected chi connectivity index (χ3v) is 4.89. The van der Waals surface area contributed by atoms with E-state index in [2.05, 4.69) is 33.3 Å². The molecule has 1 saturated heterocycles. The van der Waals surface area contributed by atoms with Crippen molar-refractivity contribution in [1.82, 2.24) is 4.90 Å². The molecule has 6 nitrogen and oxygen atoms in total. The lowest BCUT2D eigenvalue weighted by molar-refractivity contribution is -0.118. The van der Waals surface area contributed by atoms with E-state index in [0.717, 1.165) is 49.9 Å². The summed E-state index contributed by atoms with van der Waals surface area (Å²) < 4.78 is 10.7. The summed E-state index contributed by atoms with van der Waals surface area (Å²) in [6.45, 7) is 5.02. The van der Waals surface area contributed by atoms with E-state index in [1.807, 2.05) is 24.3 Å². The highest BCUT2D eigenvalue weighted by Gasteiger charge is 2.19. The topological polar surface area (TPSA) is 54.0 Å². The molecule has 0 radical (unpaired) electrons. The van der Waals surface area contributed by atoms with Crippen LogP contribution in [0.1, 0.15) is 5.56 Å². The van der Waals surface area contributed by atoms with Crippen molar-refractivity contribution < 1.29 is 14.3 Å². The molecule has 0 aromatic heterocycles. The van der Waals surface area contributed by atoms with Crippen molar-refractivity contribution in [2.75, 3.05) is 50.1 Å². The minimum Gasteiger partial charge on any atom is -0.497 e. The van der Waals surface area contributed by atoms with E-state index in [1.165, 1.54) is 11.3 Å². The summed E-state index contributed by atoms with van der Waals surface area (Å²) >= 11 is 0. The maximum Gasteiger partial charge on any atom is 0.262 e. The summed E-state index contributed by atoms with van der Waals surface area (Å²) in [5, 5.41) is 2.83. The van der Waals surface area contributed by atoms with Crippen molar-refractivity contribution >= 4 is 17.3 Å². The molecule has 2 aliphatic heterocycles. The summed E-state index contributed by atoms with van der Waals surface area (Å²) in [7, 11) is 1.69. The number of carbonyl (C=O) groups excluding carboxylic acids is 1. The Balaban J connectivity index is 1.34. The van der Waals surface area contributed by atoms with Crippen LogP contribution >= 0.6 is 0 Å². The molecule has 26 heavy (non-hydrogen) atoms. The standard InChI is InChI=1S/C20H23N3O3/c1-25-17-5-3-16(4-6-17)23-10-8-22(9-11-23)13-15-2-7-18-19(12-15)26-14-20(24)21-18/h2-7,12H,8-11,13-14H2,1H3,(H,21,24). The maximum absolute atomic E-state index is 11.4. The van der Waals surface area contributed by atoms with Crippen LogP contribution < -0.4 is 19.7 Å². The van der Waals surface area contributed by atoms with E-state index in [9.17, 15) is 4.79 Å². The van der Waals surface area contributed by atoms with Gasteiger partial charge < -0.3 is 19.7 Å². The molecule has 2 heterocycles. The smallest absolute Gasteiger partial charge is 0.262 e. The quantitative estimate of drug-likeness (QED) is 0.914. The van der Waals surface area contributed by atoms with Gasteiger partial charge in [-0.25, -0.2) is 0 Å². The Morgan fingerprint density at radius 2 is 1.85 bits per heavy atom. The van der Waals surface area contributed by atoms with Crippen LogP contribution in [0.2, 0.25) is 0 Å². The van der Waals surface area contributed by atoms with E-state index < -0.39 is 0 Å². The Labute approximate surface area is 153 Å². The van der Waals surface area contributed by atoms with Crippen molar-refractivity contribution in [2.24, 2.45) is 0 Å². The van der Waals surface area contributed by atoms with Crippen LogP contribution in [0.5, 0.6) is 11.5 Å². The molecule has 0 unspecified atom stereocenters. The number of nitrogens with one attached hydrogen (secondary N) is 1. The van der Waals surface area contributed by atoms with Crippen LogP contribution in [0.4, 0.5) is 11.4 Å². The first kappa shape index (κ1) is 16.7. The molecule has 0 atom stereocenters. The molecule has 0 spiro atoms. The number of piperazine rings is 1. The molecule has 6 heteroatoms. The van der Waals surface area contributed by atoms with Gasteiger partial charge in [-0.15, -0.1) is 0 Å². The lowest BCUT2D eigenvalue weighted by Crippen LogP contribution is -2.45. The molecule has 2 aliphatic rings. The van der Waals surface area contributed by atoms with Gasteiger partial charge >= 0.3 is 0 Å². The van der Waals surface area contributed by atoms with Crippen LogP contribution in [-0.2, 0) is 11.3 Å². The molecular weight excluding hydrogens is 330 g/mol. The summed E-state index contributed by atoms with van der Waals surface area (Å²) in [6.07, 6.45) is 0. The molecular formula is C20H23N3O3. The molecule has 2 aromatic rings. The highest BCUT2D eigenvalue weighted by molar-refractivity contribution is 5.95. The Kier molecular flexibility index (Phi) is 4.67. The molecule has 2 aromatic carbocycles. The fourth-order valence-electron chi connectivity index (χ4n) is 3.43. The van der Waals surface area contributed by atoms with Crippen LogP contribution in [0.15, 0.2) is 42.5 Å². The highest BCUT2D eigenvalue weighted by atomic mass is 16.5. The molecule has 4 rings (SSSR count). The number of benzene rings is 2. The number of rotatable bonds is 4. The van der Waals surface area contributed by atoms with Gasteiger partial charge in [-0.1, -0.05) is 6.07 Å². The largest absolute Gasteiger partial charge is 0.497 e. The lowest BCUT2D eigenvalue weighted by atomic mass is 10.1. The average Bonchev–Trinajstić information content (AvgIpc) is 2.69. The van der Waals surface area contributed by atoms with Gasteiger partial charge in [0.2, 0.25) is 0 Å². The molecule has 0 aliphatic carbocycles. The van der Waals surface area contributed by atoms with Gasteiger partial charge in [-0.3, -0.25) is 9.69 Å². The van der Waals surface area contributed by atoms with Crippen molar-refractivity contribution in [2.45, 2.75) is 6.54 Å². The van der Waals surface area contributed by atoms with Gasteiger partial charge in [0.1, 0.15) is 11.5 Å². The first-order valence-electron chi connectivity index (χ1n) is 8.88. The van der Waals surface area contributed by atoms with Gasteiger partial charge in [0.25, 0.3) is 5.91 Å². The van der Waals surface area contributed by atoms with E-state index in [0.29, 0.717) is 0 Å². The number of carbonyl (C=O) groups is 1. The van der Waals surface area contributed by atoms with Crippen LogP contribution in [0, 0.1) is 0 Å². The van der Waals surface area contributed by atoms with Gasteiger partial charge in [0.05, 0.1) is 12.8 Å². The second-order valence-electron chi connectivity index (χ2n) is 6.63. The Bertz CT molecular complexity index is 783. The number of nitrogens with zero attached hydrogens (tertiary/aromatic N) is 2. The van der Waals surface area contributed by atoms with Gasteiger partial charge in [0, 0.05) is 38.4 Å². The summed E-state index contributed by atoms with van der Waals surface area (Å²) in [5.41, 5.74) is 3.20. The lowest BCUT2D eigenvalue weighted by Gasteiger charge is -2.36. The van der Waals surface area contributed by atoms with E-state index in [4.69, 9.17) is 9.47 Å². The molecule has 136 valence electrons. The zero-order valence-corrected chi connectivity index (χ0v) is 14.9. The minimum absolute atomic E-state index is 0.0942. The van der Waals surface area contributed by atoms with Crippen molar-refractivity contribution in [3.05, 3.63) is 48.0 Å². The molecule has 0 bridgehead atoms. The minimum atomic E-state index is -0.0973. The van der Waals surface area contributed by atoms with E-state index in [-0.39, 0.29) is 12.5 Å². The zero-order chi connectivity index (χ0) is 17.9. The Morgan fingerprint density at radius 3 is 2.58 bits per heavy atom. The van der Waals surface area contributed by atoms with Gasteiger partial charge in [-0.05, 0) is 42.0 Å². The van der Waals surface area contributed by atoms with Crippen molar-refractivity contribution in [1.29, 1.82) is 0 Å². The first-order valence-corrected chi connectivity index (χ1v) is 8.88. The van der Waals surface area contributed by atoms with Gasteiger partial charge in [0.15, 0.2) is 6.61 Å².